The van der Waals surface area contributed by atoms with Crippen molar-refractivity contribution in [2.75, 3.05) is 60.3 Å². The second-order valence-electron chi connectivity index (χ2n) is 14.8. The Morgan fingerprint density at radius 1 is 0.911 bits per heavy atom. The number of nitrogens with one attached hydrogen (secondary N) is 2. The van der Waals surface area contributed by atoms with Crippen LogP contribution in [0.5, 0.6) is 0 Å². The zero-order valence-electron chi connectivity index (χ0n) is 33.2. The second-order valence-corrected chi connectivity index (χ2v) is 14.8. The average molecular weight is 759 g/mol. The second kappa shape index (κ2) is 17.4. The maximum Gasteiger partial charge on any atom is 0.259 e. The van der Waals surface area contributed by atoms with E-state index in [4.69, 9.17) is 4.74 Å². The summed E-state index contributed by atoms with van der Waals surface area (Å²) in [5.74, 6) is -0.119. The number of aryl methyl sites for hydroxylation is 3. The summed E-state index contributed by atoms with van der Waals surface area (Å²) in [6, 6.07) is 15.6. The van der Waals surface area contributed by atoms with E-state index in [0.29, 0.717) is 39.8 Å². The van der Waals surface area contributed by atoms with Crippen LogP contribution in [0.3, 0.4) is 0 Å². The molecule has 0 saturated carbocycles. The molecule has 292 valence electrons. The highest BCUT2D eigenvalue weighted by Crippen LogP contribution is 2.43. The lowest BCUT2D eigenvalue weighted by Gasteiger charge is -2.53. The first-order valence-corrected chi connectivity index (χ1v) is 19.4. The molecule has 1 spiro atoms. The van der Waals surface area contributed by atoms with Gasteiger partial charge in [0.15, 0.2) is 0 Å². The van der Waals surface area contributed by atoms with Crippen molar-refractivity contribution in [3.8, 4) is 0 Å². The Kier molecular flexibility index (Phi) is 12.4. The van der Waals surface area contributed by atoms with Gasteiger partial charge in [-0.2, -0.15) is 0 Å². The molecule has 0 unspecified atom stereocenters. The van der Waals surface area contributed by atoms with Crippen LogP contribution in [-0.4, -0.2) is 68.0 Å². The minimum Gasteiger partial charge on any atom is -0.381 e. The van der Waals surface area contributed by atoms with Gasteiger partial charge in [0.1, 0.15) is 17.9 Å². The minimum absolute atomic E-state index is 0.187. The number of aromatic nitrogens is 2. The summed E-state index contributed by atoms with van der Waals surface area (Å²) in [5.41, 5.74) is 10.1. The lowest BCUT2D eigenvalue weighted by Crippen LogP contribution is -2.59. The predicted octanol–water partition coefficient (Wildman–Crippen LogP) is 8.50. The smallest absolute Gasteiger partial charge is 0.259 e. The number of carbonyl (C=O) groups is 3. The number of rotatable bonds is 6. The molecule has 2 saturated heterocycles. The minimum atomic E-state index is -0.416. The van der Waals surface area contributed by atoms with Crippen LogP contribution in [0.4, 0.5) is 27.3 Å². The lowest BCUT2D eigenvalue weighted by molar-refractivity contribution is -0.112. The Morgan fingerprint density at radius 3 is 2.30 bits per heavy atom. The van der Waals surface area contributed by atoms with E-state index >= 15 is 0 Å². The molecule has 2 aromatic heterocycles. The van der Waals surface area contributed by atoms with Crippen molar-refractivity contribution in [2.24, 2.45) is 5.41 Å². The molecule has 2 N–H and O–H groups in total. The van der Waals surface area contributed by atoms with Gasteiger partial charge >= 0.3 is 0 Å². The fourth-order valence-corrected chi connectivity index (χ4v) is 7.59. The van der Waals surface area contributed by atoms with E-state index in [1.165, 1.54) is 6.07 Å². The van der Waals surface area contributed by atoms with Crippen LogP contribution in [0.2, 0.25) is 0 Å². The predicted molar refractivity (Wildman–Crippen MR) is 221 cm³/mol. The summed E-state index contributed by atoms with van der Waals surface area (Å²) >= 11 is 0. The monoisotopic (exact) mass is 758 g/mol. The highest BCUT2D eigenvalue weighted by molar-refractivity contribution is 6.08. The molecule has 0 atom stereocenters. The van der Waals surface area contributed by atoms with Crippen molar-refractivity contribution in [3.63, 3.8) is 0 Å². The van der Waals surface area contributed by atoms with Gasteiger partial charge < -0.3 is 25.2 Å². The molecule has 0 bridgehead atoms. The molecule has 11 heteroatoms. The van der Waals surface area contributed by atoms with E-state index in [9.17, 15) is 18.8 Å². The maximum absolute atomic E-state index is 14.1. The number of nitrogens with zero attached hydrogens (tertiary/aromatic N) is 4. The normalized spacial score (nSPS) is 16.4. The molecule has 2 amide bonds. The molecule has 56 heavy (non-hydrogen) atoms. The van der Waals surface area contributed by atoms with Crippen molar-refractivity contribution < 1.29 is 23.5 Å². The van der Waals surface area contributed by atoms with E-state index in [0.717, 1.165) is 97.9 Å². The third-order valence-corrected chi connectivity index (χ3v) is 10.7. The van der Waals surface area contributed by atoms with Gasteiger partial charge in [-0.15, -0.1) is 0 Å². The van der Waals surface area contributed by atoms with Crippen LogP contribution in [-0.2, 0) is 9.53 Å². The van der Waals surface area contributed by atoms with Crippen molar-refractivity contribution in [1.82, 2.24) is 9.97 Å². The van der Waals surface area contributed by atoms with Crippen LogP contribution >= 0.6 is 0 Å². The highest BCUT2D eigenvalue weighted by atomic mass is 19.1. The largest absolute Gasteiger partial charge is 0.381 e. The maximum atomic E-state index is 14.1. The summed E-state index contributed by atoms with van der Waals surface area (Å²) in [6.07, 6.45) is 9.92. The van der Waals surface area contributed by atoms with E-state index in [1.54, 1.807) is 49.5 Å². The standard InChI is InChI=1S/C22H22FN3O.C21H23N3O3.C2H6/c1-13-9-19-21(24-12-13)17-11-16(10-15(17)7-8-26(19)3)22(27)25-20-14(2)5-4-6-18(20)23;1-15-10-18(20(26)23-17-4-2-16(12-25)3-5-17)19(22-11-15)24-13-21(14-24)6-8-27-9-7-21;1-2/h4-6,9-10,12H,7-8,11H2,1-3H3,(H,25,27);2-5,10-12H,6-9,13-14H2,1H3,(H,23,26);1-2H3. The van der Waals surface area contributed by atoms with Crippen molar-refractivity contribution in [1.29, 1.82) is 0 Å². The van der Waals surface area contributed by atoms with Gasteiger partial charge in [0.05, 0.1) is 22.6 Å². The number of para-hydroxylation sites is 1. The van der Waals surface area contributed by atoms with Crippen LogP contribution in [0, 0.1) is 32.0 Å². The van der Waals surface area contributed by atoms with Crippen LogP contribution in [0.15, 0.2) is 84.2 Å². The van der Waals surface area contributed by atoms with E-state index in [1.807, 2.05) is 46.0 Å². The molecule has 2 fully saturated rings. The number of pyridine rings is 2. The first kappa shape index (κ1) is 40.0. The Balaban J connectivity index is 0.000000182. The average Bonchev–Trinajstić information content (AvgIpc) is 3.58. The zero-order chi connectivity index (χ0) is 40.0. The summed E-state index contributed by atoms with van der Waals surface area (Å²) < 4.78 is 19.5. The highest BCUT2D eigenvalue weighted by Gasteiger charge is 2.45. The van der Waals surface area contributed by atoms with Gasteiger partial charge in [0, 0.05) is 80.9 Å². The number of halogens is 1. The molecule has 4 aliphatic rings. The number of hydrogen-bond acceptors (Lipinski definition) is 8. The summed E-state index contributed by atoms with van der Waals surface area (Å²) in [5, 5.41) is 5.66. The number of benzene rings is 2. The first-order valence-electron chi connectivity index (χ1n) is 19.4. The van der Waals surface area contributed by atoms with E-state index in [2.05, 4.69) is 43.5 Å². The Morgan fingerprint density at radius 2 is 1.61 bits per heavy atom. The van der Waals surface area contributed by atoms with Gasteiger partial charge in [-0.05, 0) is 116 Å². The number of aldehydes is 1. The van der Waals surface area contributed by atoms with Crippen molar-refractivity contribution in [3.05, 3.63) is 124 Å². The van der Waals surface area contributed by atoms with Gasteiger partial charge in [0.2, 0.25) is 0 Å². The van der Waals surface area contributed by atoms with Crippen LogP contribution < -0.4 is 20.4 Å². The number of carbonyl (C=O) groups excluding carboxylic acids is 3. The lowest BCUT2D eigenvalue weighted by atomic mass is 9.73. The van der Waals surface area contributed by atoms with Crippen LogP contribution in [0.25, 0.3) is 5.57 Å². The molecule has 8 rings (SSSR count). The molecule has 3 aliphatic heterocycles. The molecule has 1 aliphatic carbocycles. The fourth-order valence-electron chi connectivity index (χ4n) is 7.59. The zero-order valence-corrected chi connectivity index (χ0v) is 33.2. The SMILES string of the molecule is CC.Cc1cnc(N2CC3(CCOCC3)C2)c(C(=O)Nc2ccc(C=O)cc2)c1.Cc1cnc2c(c1)N(C)CCC1=C2CC(C(=O)Nc2c(C)cccc2F)=C1. The Hall–Kier alpha value is -5.68. The van der Waals surface area contributed by atoms with Crippen molar-refractivity contribution >= 4 is 46.6 Å². The third-order valence-electron chi connectivity index (χ3n) is 10.7. The quantitative estimate of drug-likeness (QED) is 0.188. The number of fused-ring (bicyclic) bond motifs is 2. The Labute approximate surface area is 328 Å². The first-order chi connectivity index (χ1) is 27.0. The van der Waals surface area contributed by atoms with Gasteiger partial charge in [-0.1, -0.05) is 26.0 Å². The summed E-state index contributed by atoms with van der Waals surface area (Å²) in [6.45, 7) is 14.1. The number of anilines is 4. The number of allylic oxidation sites excluding steroid dienone is 2. The number of amides is 2. The number of ether oxygens (including phenoxy) is 1. The molecule has 2 aromatic carbocycles. The number of hydrogen-bond donors (Lipinski definition) is 2. The molecule has 0 radical (unpaired) electrons. The van der Waals surface area contributed by atoms with Crippen molar-refractivity contribution in [2.45, 2.75) is 60.3 Å². The van der Waals surface area contributed by atoms with Crippen LogP contribution in [0.1, 0.15) is 82.6 Å². The van der Waals surface area contributed by atoms with Gasteiger partial charge in [0.25, 0.3) is 11.8 Å². The third kappa shape index (κ3) is 8.73. The van der Waals surface area contributed by atoms with E-state index in [-0.39, 0.29) is 17.5 Å². The summed E-state index contributed by atoms with van der Waals surface area (Å²) in [7, 11) is 2.07. The van der Waals surface area contributed by atoms with E-state index < -0.39 is 5.82 Å². The molecular weight excluding hydrogens is 708 g/mol. The Bertz CT molecular complexity index is 2150. The molecule has 5 heterocycles. The molecule has 4 aromatic rings. The summed E-state index contributed by atoms with van der Waals surface area (Å²) in [4.78, 5) is 50.1. The van der Waals surface area contributed by atoms with Gasteiger partial charge in [-0.25, -0.2) is 9.37 Å². The molecular formula is C45H51FN6O4. The molecule has 10 nitrogen and oxygen atoms in total. The topological polar surface area (TPSA) is 117 Å². The van der Waals surface area contributed by atoms with Gasteiger partial charge in [-0.3, -0.25) is 19.4 Å². The fraction of sp³-hybridized carbons (Fsp3) is 0.356.